The Hall–Kier alpha value is -2.00. The number of carbonyl (C=O) groups excluding carboxylic acids is 1. The summed E-state index contributed by atoms with van der Waals surface area (Å²) in [5.41, 5.74) is 4.56. The van der Waals surface area contributed by atoms with E-state index in [1.54, 1.807) is 24.3 Å². The third-order valence-corrected chi connectivity index (χ3v) is 4.77. The molecule has 0 aromatic heterocycles. The number of benzene rings is 2. The summed E-state index contributed by atoms with van der Waals surface area (Å²) < 4.78 is 0. The molecule has 0 radical (unpaired) electrons. The molecule has 0 atom stereocenters. The van der Waals surface area contributed by atoms with E-state index in [0.717, 1.165) is 26.2 Å². The van der Waals surface area contributed by atoms with Gasteiger partial charge in [0.15, 0.2) is 0 Å². The van der Waals surface area contributed by atoms with E-state index in [9.17, 15) is 4.79 Å². The van der Waals surface area contributed by atoms with Gasteiger partial charge in [0.05, 0.1) is 0 Å². The number of amides is 1. The lowest BCUT2D eigenvalue weighted by atomic mass is 10.1. The maximum atomic E-state index is 12.5. The van der Waals surface area contributed by atoms with E-state index in [2.05, 4.69) is 36.9 Å². The zero-order valence-corrected chi connectivity index (χ0v) is 14.3. The fraction of sp³-hybridized carbons (Fsp3) is 0.316. The van der Waals surface area contributed by atoms with Gasteiger partial charge in [-0.1, -0.05) is 17.7 Å². The number of piperazine rings is 1. The topological polar surface area (TPSA) is 23.6 Å². The molecular formula is C19H21ClN2O. The maximum absolute atomic E-state index is 12.5. The molecule has 1 aliphatic heterocycles. The molecule has 120 valence electrons. The van der Waals surface area contributed by atoms with Crippen LogP contribution in [-0.4, -0.2) is 37.0 Å². The molecule has 3 nitrogen and oxygen atoms in total. The Morgan fingerprint density at radius 3 is 2.17 bits per heavy atom. The molecule has 4 heteroatoms. The Morgan fingerprint density at radius 1 is 0.913 bits per heavy atom. The number of hydrogen-bond acceptors (Lipinski definition) is 2. The molecule has 3 rings (SSSR count). The Bertz CT molecular complexity index is 704. The summed E-state index contributed by atoms with van der Waals surface area (Å²) in [6.45, 7) is 7.48. The van der Waals surface area contributed by atoms with Crippen LogP contribution in [0.15, 0.2) is 42.5 Å². The lowest BCUT2D eigenvalue weighted by molar-refractivity contribution is 0.0747. The first-order valence-corrected chi connectivity index (χ1v) is 8.29. The fourth-order valence-corrected chi connectivity index (χ4v) is 2.99. The first-order valence-electron chi connectivity index (χ1n) is 7.91. The van der Waals surface area contributed by atoms with Crippen LogP contribution in [0.1, 0.15) is 21.5 Å². The van der Waals surface area contributed by atoms with Crippen LogP contribution in [0.5, 0.6) is 0 Å². The van der Waals surface area contributed by atoms with Crippen molar-refractivity contribution in [3.05, 3.63) is 64.2 Å². The largest absolute Gasteiger partial charge is 0.368 e. The summed E-state index contributed by atoms with van der Waals surface area (Å²) in [5, 5.41) is 0.654. The second-order valence-corrected chi connectivity index (χ2v) is 6.49. The van der Waals surface area contributed by atoms with Crippen LogP contribution in [0.4, 0.5) is 5.69 Å². The van der Waals surface area contributed by atoms with Gasteiger partial charge in [-0.3, -0.25) is 4.79 Å². The van der Waals surface area contributed by atoms with E-state index >= 15 is 0 Å². The minimum atomic E-state index is 0.0846. The maximum Gasteiger partial charge on any atom is 0.253 e. The van der Waals surface area contributed by atoms with Gasteiger partial charge in [0.2, 0.25) is 0 Å². The molecule has 1 saturated heterocycles. The monoisotopic (exact) mass is 328 g/mol. The van der Waals surface area contributed by atoms with Gasteiger partial charge in [-0.05, 0) is 61.4 Å². The van der Waals surface area contributed by atoms with Gasteiger partial charge in [-0.25, -0.2) is 0 Å². The molecule has 0 saturated carbocycles. The highest BCUT2D eigenvalue weighted by Gasteiger charge is 2.22. The van der Waals surface area contributed by atoms with Gasteiger partial charge < -0.3 is 9.80 Å². The summed E-state index contributed by atoms with van der Waals surface area (Å²) in [5.74, 6) is 0.0846. The smallest absolute Gasteiger partial charge is 0.253 e. The minimum absolute atomic E-state index is 0.0846. The number of hydrogen-bond donors (Lipinski definition) is 0. The number of rotatable bonds is 2. The third kappa shape index (κ3) is 3.50. The van der Waals surface area contributed by atoms with Gasteiger partial charge in [0.25, 0.3) is 5.91 Å². The van der Waals surface area contributed by atoms with Crippen LogP contribution in [0, 0.1) is 13.8 Å². The number of anilines is 1. The van der Waals surface area contributed by atoms with Gasteiger partial charge >= 0.3 is 0 Å². The van der Waals surface area contributed by atoms with Crippen LogP contribution < -0.4 is 4.90 Å². The number of carbonyl (C=O) groups is 1. The summed E-state index contributed by atoms with van der Waals surface area (Å²) in [4.78, 5) is 16.8. The van der Waals surface area contributed by atoms with Gasteiger partial charge in [0.1, 0.15) is 0 Å². The van der Waals surface area contributed by atoms with Crippen LogP contribution in [-0.2, 0) is 0 Å². The molecule has 1 heterocycles. The average molecular weight is 329 g/mol. The summed E-state index contributed by atoms with van der Waals surface area (Å²) >= 11 is 5.88. The molecule has 1 amide bonds. The SMILES string of the molecule is Cc1ccc(N2CCN(C(=O)c3ccc(Cl)cc3)CC2)cc1C. The lowest BCUT2D eigenvalue weighted by Gasteiger charge is -2.36. The normalized spacial score (nSPS) is 14.9. The number of nitrogens with zero attached hydrogens (tertiary/aromatic N) is 2. The van der Waals surface area contributed by atoms with E-state index in [-0.39, 0.29) is 5.91 Å². The molecule has 1 aliphatic rings. The molecule has 0 unspecified atom stereocenters. The molecule has 1 fully saturated rings. The number of aryl methyl sites for hydroxylation is 2. The van der Waals surface area contributed by atoms with Crippen LogP contribution in [0.25, 0.3) is 0 Å². The zero-order valence-electron chi connectivity index (χ0n) is 13.6. The lowest BCUT2D eigenvalue weighted by Crippen LogP contribution is -2.48. The van der Waals surface area contributed by atoms with Gasteiger partial charge in [-0.15, -0.1) is 0 Å². The third-order valence-electron chi connectivity index (χ3n) is 4.51. The summed E-state index contributed by atoms with van der Waals surface area (Å²) in [6, 6.07) is 13.7. The first kappa shape index (κ1) is 15.9. The average Bonchev–Trinajstić information content (AvgIpc) is 2.57. The van der Waals surface area contributed by atoms with Crippen LogP contribution >= 0.6 is 11.6 Å². The minimum Gasteiger partial charge on any atom is -0.368 e. The molecule has 2 aromatic carbocycles. The Morgan fingerprint density at radius 2 is 1.57 bits per heavy atom. The highest BCUT2D eigenvalue weighted by atomic mass is 35.5. The summed E-state index contributed by atoms with van der Waals surface area (Å²) in [6.07, 6.45) is 0. The van der Waals surface area contributed by atoms with E-state index in [4.69, 9.17) is 11.6 Å². The highest BCUT2D eigenvalue weighted by molar-refractivity contribution is 6.30. The van der Waals surface area contributed by atoms with Crippen molar-refractivity contribution in [2.45, 2.75) is 13.8 Å². The number of halogens is 1. The highest BCUT2D eigenvalue weighted by Crippen LogP contribution is 2.21. The van der Waals surface area contributed by atoms with Crippen molar-refractivity contribution in [3.63, 3.8) is 0 Å². The molecule has 0 bridgehead atoms. The zero-order chi connectivity index (χ0) is 16.4. The predicted molar refractivity (Wildman–Crippen MR) is 95.5 cm³/mol. The second-order valence-electron chi connectivity index (χ2n) is 6.05. The summed E-state index contributed by atoms with van der Waals surface area (Å²) in [7, 11) is 0. The van der Waals surface area contributed by atoms with Crippen LogP contribution in [0.3, 0.4) is 0 Å². The van der Waals surface area contributed by atoms with E-state index < -0.39 is 0 Å². The van der Waals surface area contributed by atoms with E-state index in [1.807, 2.05) is 4.90 Å². The van der Waals surface area contributed by atoms with E-state index in [0.29, 0.717) is 10.6 Å². The Kier molecular flexibility index (Phi) is 4.58. The Balaban J connectivity index is 1.64. The van der Waals surface area contributed by atoms with E-state index in [1.165, 1.54) is 16.8 Å². The molecular weight excluding hydrogens is 308 g/mol. The van der Waals surface area contributed by atoms with Crippen molar-refractivity contribution < 1.29 is 4.79 Å². The predicted octanol–water partition coefficient (Wildman–Crippen LogP) is 3.92. The second kappa shape index (κ2) is 6.63. The standard InChI is InChI=1S/C19H21ClN2O/c1-14-3-8-18(13-15(14)2)21-9-11-22(12-10-21)19(23)16-4-6-17(20)7-5-16/h3-8,13H,9-12H2,1-2H3. The van der Waals surface area contributed by atoms with Crippen molar-refractivity contribution in [1.29, 1.82) is 0 Å². The fourth-order valence-electron chi connectivity index (χ4n) is 2.87. The van der Waals surface area contributed by atoms with Crippen molar-refractivity contribution in [2.24, 2.45) is 0 Å². The van der Waals surface area contributed by atoms with Gasteiger partial charge in [-0.2, -0.15) is 0 Å². The molecule has 23 heavy (non-hydrogen) atoms. The first-order chi connectivity index (χ1) is 11.0. The van der Waals surface area contributed by atoms with Crippen molar-refractivity contribution in [1.82, 2.24) is 4.90 Å². The van der Waals surface area contributed by atoms with Crippen molar-refractivity contribution in [3.8, 4) is 0 Å². The quantitative estimate of drug-likeness (QED) is 0.834. The molecule has 0 aliphatic carbocycles. The van der Waals surface area contributed by atoms with Crippen molar-refractivity contribution >= 4 is 23.2 Å². The molecule has 0 N–H and O–H groups in total. The Labute approximate surface area is 142 Å². The molecule has 2 aromatic rings. The van der Waals surface area contributed by atoms with Gasteiger partial charge in [0, 0.05) is 42.5 Å². The molecule has 0 spiro atoms. The van der Waals surface area contributed by atoms with Crippen molar-refractivity contribution in [2.75, 3.05) is 31.1 Å². The van der Waals surface area contributed by atoms with Crippen LogP contribution in [0.2, 0.25) is 5.02 Å².